The number of fused-ring (bicyclic) bond motifs is 5. The Kier molecular flexibility index (Phi) is 16.6. The maximum atomic E-state index is 13.7. The zero-order chi connectivity index (χ0) is 47.3. The monoisotopic (exact) mass is 905 g/mol. The van der Waals surface area contributed by atoms with Crippen molar-refractivity contribution in [1.82, 2.24) is 5.32 Å². The Balaban J connectivity index is 1.22. The van der Waals surface area contributed by atoms with E-state index >= 15 is 0 Å². The van der Waals surface area contributed by atoms with E-state index in [1.807, 2.05) is 32.1 Å². The first-order chi connectivity index (χ1) is 31.0. The van der Waals surface area contributed by atoms with Crippen LogP contribution in [0.5, 0.6) is 0 Å². The van der Waals surface area contributed by atoms with Crippen LogP contribution >= 0.6 is 11.6 Å². The molecule has 0 aromatic carbocycles. The first kappa shape index (κ1) is 49.7. The van der Waals surface area contributed by atoms with Crippen molar-refractivity contribution in [2.45, 2.75) is 146 Å². The SMILES string of the molecule is C=CC1=C(C)C2=NC1=CC1=NC(=CC3=C(C)C4=C(O)[C@H](C(=O)OC)C(=C5NC(=C2Cl)[C@@H](C)[C@@H]5CCC(=O)OC/C=C(\C)CCC[C@H](C)CCC[C@H](C)CCCC(C)C)C4=N3)C(CC)=C1C. The van der Waals surface area contributed by atoms with Gasteiger partial charge in [0.1, 0.15) is 18.3 Å². The van der Waals surface area contributed by atoms with E-state index in [0.29, 0.717) is 57.0 Å². The molecule has 0 spiro atoms. The minimum absolute atomic E-state index is 0.115. The smallest absolute Gasteiger partial charge is 0.321 e. The lowest BCUT2D eigenvalue weighted by atomic mass is 9.84. The normalized spacial score (nSPS) is 22.8. The van der Waals surface area contributed by atoms with Crippen LogP contribution in [0.1, 0.15) is 146 Å². The van der Waals surface area contributed by atoms with Crippen molar-refractivity contribution >= 4 is 40.7 Å². The maximum Gasteiger partial charge on any atom is 0.321 e. The lowest BCUT2D eigenvalue weighted by Crippen LogP contribution is -2.25. The largest absolute Gasteiger partial charge is 0.510 e. The first-order valence-electron chi connectivity index (χ1n) is 24.2. The molecule has 5 aliphatic heterocycles. The van der Waals surface area contributed by atoms with E-state index in [1.54, 1.807) is 6.08 Å². The van der Waals surface area contributed by atoms with Gasteiger partial charge in [0.15, 0.2) is 0 Å². The second-order valence-corrected chi connectivity index (χ2v) is 20.0. The molecule has 5 atom stereocenters. The van der Waals surface area contributed by atoms with E-state index in [9.17, 15) is 14.7 Å². The predicted octanol–water partition coefficient (Wildman–Crippen LogP) is 13.5. The third-order valence-corrected chi connectivity index (χ3v) is 14.8. The van der Waals surface area contributed by atoms with Gasteiger partial charge in [-0.1, -0.05) is 116 Å². The molecule has 0 radical (unpaired) electrons. The highest BCUT2D eigenvalue weighted by Gasteiger charge is 2.49. The highest BCUT2D eigenvalue weighted by Crippen LogP contribution is 2.50. The maximum absolute atomic E-state index is 13.7. The third kappa shape index (κ3) is 10.8. The van der Waals surface area contributed by atoms with Crippen LogP contribution < -0.4 is 5.32 Å². The van der Waals surface area contributed by atoms with E-state index in [4.69, 9.17) is 36.1 Å². The molecule has 0 saturated carbocycles. The van der Waals surface area contributed by atoms with Crippen LogP contribution in [-0.2, 0) is 19.1 Å². The van der Waals surface area contributed by atoms with Gasteiger partial charge in [0, 0.05) is 46.4 Å². The molecule has 1 saturated heterocycles. The summed E-state index contributed by atoms with van der Waals surface area (Å²) in [5, 5.41) is 16.0. The van der Waals surface area contributed by atoms with Crippen LogP contribution in [0.25, 0.3) is 0 Å². The molecule has 9 nitrogen and oxygen atoms in total. The van der Waals surface area contributed by atoms with Gasteiger partial charge >= 0.3 is 11.9 Å². The zero-order valence-corrected chi connectivity index (χ0v) is 41.7. The number of ether oxygens (including phenoxy) is 2. The van der Waals surface area contributed by atoms with Gasteiger partial charge in [-0.05, 0) is 112 Å². The minimum Gasteiger partial charge on any atom is -0.510 e. The van der Waals surface area contributed by atoms with Crippen molar-refractivity contribution < 1.29 is 24.2 Å². The minimum atomic E-state index is -1.12. The van der Waals surface area contributed by atoms with E-state index in [0.717, 1.165) is 76.1 Å². The Morgan fingerprint density at radius 1 is 0.892 bits per heavy atom. The molecular weight excluding hydrogens is 832 g/mol. The number of aliphatic hydroxyl groups is 1. The van der Waals surface area contributed by atoms with E-state index < -0.39 is 11.9 Å². The van der Waals surface area contributed by atoms with E-state index in [2.05, 4.69) is 67.3 Å². The quantitative estimate of drug-likeness (QED) is 0.0927. The van der Waals surface area contributed by atoms with Gasteiger partial charge in [-0.3, -0.25) is 9.59 Å². The number of methoxy groups -OCH3 is 1. The number of nitrogens with zero attached hydrogens (tertiary/aromatic N) is 3. The van der Waals surface area contributed by atoms with Crippen molar-refractivity contribution in [2.24, 2.45) is 50.5 Å². The number of esters is 2. The number of aliphatic hydroxyl groups excluding tert-OH is 1. The van der Waals surface area contributed by atoms with Gasteiger partial charge < -0.3 is 19.9 Å². The van der Waals surface area contributed by atoms with Gasteiger partial charge in [-0.15, -0.1) is 0 Å². The molecule has 65 heavy (non-hydrogen) atoms. The Morgan fingerprint density at radius 3 is 2.22 bits per heavy atom. The van der Waals surface area contributed by atoms with Gasteiger partial charge in [-0.25, -0.2) is 15.0 Å². The molecule has 350 valence electrons. The summed E-state index contributed by atoms with van der Waals surface area (Å²) in [7, 11) is 1.32. The van der Waals surface area contributed by atoms with Crippen molar-refractivity contribution in [3.05, 3.63) is 115 Å². The Bertz CT molecular complexity index is 2350. The lowest BCUT2D eigenvalue weighted by Gasteiger charge is -2.20. The number of carbonyl (C=O) groups is 2. The highest BCUT2D eigenvalue weighted by atomic mass is 35.5. The predicted molar refractivity (Wildman–Crippen MR) is 267 cm³/mol. The van der Waals surface area contributed by atoms with Crippen LogP contribution in [0.15, 0.2) is 130 Å². The molecule has 10 heteroatoms. The summed E-state index contributed by atoms with van der Waals surface area (Å²) >= 11 is 7.42. The number of hydrogen-bond donors (Lipinski definition) is 2. The molecule has 0 aromatic rings. The fourth-order valence-electron chi connectivity index (χ4n) is 10.3. The van der Waals surface area contributed by atoms with Gasteiger partial charge in [-0.2, -0.15) is 0 Å². The summed E-state index contributed by atoms with van der Waals surface area (Å²) < 4.78 is 11.1. The summed E-state index contributed by atoms with van der Waals surface area (Å²) in [5.74, 6) is -0.406. The number of hydrogen-bond acceptors (Lipinski definition) is 9. The molecular formula is C55H73ClN4O5. The summed E-state index contributed by atoms with van der Waals surface area (Å²) in [6.07, 6.45) is 20.3. The molecule has 6 aliphatic rings. The summed E-state index contributed by atoms with van der Waals surface area (Å²) in [6, 6.07) is 0. The van der Waals surface area contributed by atoms with Gasteiger partial charge in [0.2, 0.25) is 0 Å². The molecule has 8 bridgehead atoms. The highest BCUT2D eigenvalue weighted by molar-refractivity contribution is 6.47. The second-order valence-electron chi connectivity index (χ2n) is 19.6. The number of carbonyl (C=O) groups excluding carboxylic acids is 2. The average molecular weight is 906 g/mol. The summed E-state index contributed by atoms with van der Waals surface area (Å²) in [6.45, 7) is 26.0. The standard InChI is InChI=1S/C55H73ClN4O5/c1-13-38-34(8)41-28-44-39(14-2)35(9)50(59-44)49(56)51-36(10)40(52(60-51)47-48(55(63)64-12)54(62)46-37(11)42(58-53(46)47)29-43(38)57-41)24-25-45(61)65-27-26-33(7)23-17-22-32(6)21-16-20-31(5)19-15-18-30(3)4/h14,26,28-32,36,40,48,60,62H,2,13,15-25,27H2,1,3-12H3/b33-26+,43-29?,44-28?,51-49?,52-47?/t31-,32-,36+,40+,48-/m1/s1. The van der Waals surface area contributed by atoms with Crippen molar-refractivity contribution in [2.75, 3.05) is 13.7 Å². The Hall–Kier alpha value is -4.76. The van der Waals surface area contributed by atoms with Gasteiger partial charge in [0.05, 0.1) is 46.4 Å². The molecule has 1 aliphatic carbocycles. The average Bonchev–Trinajstić information content (AvgIpc) is 4.02. The fourth-order valence-corrected chi connectivity index (χ4v) is 10.7. The van der Waals surface area contributed by atoms with Crippen LogP contribution in [-0.4, -0.2) is 47.9 Å². The second kappa shape index (κ2) is 21.7. The summed E-state index contributed by atoms with van der Waals surface area (Å²) in [4.78, 5) is 42.5. The van der Waals surface area contributed by atoms with Crippen LogP contribution in [0.4, 0.5) is 0 Å². The van der Waals surface area contributed by atoms with Crippen LogP contribution in [0.2, 0.25) is 0 Å². The summed E-state index contributed by atoms with van der Waals surface area (Å²) in [5.41, 5.74) is 12.3. The van der Waals surface area contributed by atoms with Crippen LogP contribution in [0.3, 0.4) is 0 Å². The molecule has 6 rings (SSSR count). The topological polar surface area (TPSA) is 122 Å². The van der Waals surface area contributed by atoms with E-state index in [-0.39, 0.29) is 36.6 Å². The molecule has 1 fully saturated rings. The Labute approximate surface area is 393 Å². The van der Waals surface area contributed by atoms with Crippen molar-refractivity contribution in [3.8, 4) is 0 Å². The Morgan fingerprint density at radius 2 is 1.57 bits per heavy atom. The molecule has 0 unspecified atom stereocenters. The van der Waals surface area contributed by atoms with Crippen molar-refractivity contribution in [3.63, 3.8) is 0 Å². The van der Waals surface area contributed by atoms with Crippen LogP contribution in [0, 0.1) is 35.5 Å². The molecule has 0 aromatic heterocycles. The number of nitrogens with one attached hydrogen (secondary N) is 1. The fraction of sp³-hybridized carbons (Fsp3) is 0.545. The van der Waals surface area contributed by atoms with Gasteiger partial charge in [0.25, 0.3) is 0 Å². The molecule has 5 heterocycles. The number of allylic oxidation sites excluding steroid dienone is 12. The van der Waals surface area contributed by atoms with E-state index in [1.165, 1.54) is 57.6 Å². The van der Waals surface area contributed by atoms with Crippen molar-refractivity contribution in [1.29, 1.82) is 0 Å². The number of rotatable bonds is 20. The number of halogens is 1. The third-order valence-electron chi connectivity index (χ3n) is 14.4. The molecule has 0 amide bonds. The zero-order valence-electron chi connectivity index (χ0n) is 41.0. The first-order valence-corrected chi connectivity index (χ1v) is 24.6. The number of aliphatic imine (C=N–C) groups is 3. The molecule has 2 N–H and O–H groups in total. The lowest BCUT2D eigenvalue weighted by molar-refractivity contribution is -0.144.